The van der Waals surface area contributed by atoms with Gasteiger partial charge in [0.15, 0.2) is 0 Å². The zero-order valence-corrected chi connectivity index (χ0v) is 13.8. The number of likely N-dealkylation sites (tertiary alicyclic amines) is 1. The largest absolute Gasteiger partial charge is 0.485 e. The van der Waals surface area contributed by atoms with E-state index < -0.39 is 0 Å². The van der Waals surface area contributed by atoms with Gasteiger partial charge in [0.25, 0.3) is 5.91 Å². The Balaban J connectivity index is 1.73. The lowest BCUT2D eigenvalue weighted by Gasteiger charge is -2.29. The average molecular weight is 319 g/mol. The van der Waals surface area contributed by atoms with E-state index in [0.29, 0.717) is 30.0 Å². The number of carbonyl (C=O) groups excluding carboxylic acids is 1. The molecule has 1 aromatic rings. The van der Waals surface area contributed by atoms with Crippen LogP contribution in [0, 0.1) is 0 Å². The summed E-state index contributed by atoms with van der Waals surface area (Å²) in [6.07, 6.45) is 2.56. The average Bonchev–Trinajstić information content (AvgIpc) is 2.95. The predicted molar refractivity (Wildman–Crippen MR) is 88.8 cm³/mol. The minimum absolute atomic E-state index is 0.0301. The van der Waals surface area contributed by atoms with Gasteiger partial charge in [-0.05, 0) is 45.1 Å². The fourth-order valence-electron chi connectivity index (χ4n) is 3.33. The van der Waals surface area contributed by atoms with E-state index in [1.807, 2.05) is 0 Å². The van der Waals surface area contributed by atoms with E-state index in [9.17, 15) is 4.79 Å². The molecule has 3 rings (SSSR count). The van der Waals surface area contributed by atoms with Gasteiger partial charge in [-0.1, -0.05) is 0 Å². The lowest BCUT2D eigenvalue weighted by molar-refractivity contribution is 0.0915. The number of anilines is 1. The summed E-state index contributed by atoms with van der Waals surface area (Å²) in [5.74, 6) is 0.612. The fourth-order valence-corrected chi connectivity index (χ4v) is 3.33. The highest BCUT2D eigenvalue weighted by Crippen LogP contribution is 2.37. The molecule has 0 spiro atoms. The van der Waals surface area contributed by atoms with E-state index in [-0.39, 0.29) is 18.1 Å². The molecule has 1 amide bonds. The van der Waals surface area contributed by atoms with Gasteiger partial charge in [-0.3, -0.25) is 4.79 Å². The third kappa shape index (κ3) is 3.43. The third-order valence-corrected chi connectivity index (χ3v) is 4.66. The number of rotatable bonds is 4. The second kappa shape index (κ2) is 6.76. The van der Waals surface area contributed by atoms with Crippen LogP contribution in [0.25, 0.3) is 0 Å². The van der Waals surface area contributed by atoms with Gasteiger partial charge in [0, 0.05) is 30.7 Å². The summed E-state index contributed by atoms with van der Waals surface area (Å²) < 4.78 is 11.0. The van der Waals surface area contributed by atoms with Crippen molar-refractivity contribution >= 4 is 11.6 Å². The van der Waals surface area contributed by atoms with E-state index in [0.717, 1.165) is 31.5 Å². The van der Waals surface area contributed by atoms with Crippen LogP contribution < -0.4 is 15.8 Å². The van der Waals surface area contributed by atoms with E-state index in [1.54, 1.807) is 19.2 Å². The molecule has 0 bridgehead atoms. The molecule has 2 aliphatic heterocycles. The highest BCUT2D eigenvalue weighted by Gasteiger charge is 2.30. The molecule has 6 nitrogen and oxygen atoms in total. The lowest BCUT2D eigenvalue weighted by atomic mass is 10.00. The Labute approximate surface area is 136 Å². The zero-order chi connectivity index (χ0) is 16.4. The van der Waals surface area contributed by atoms with E-state index in [4.69, 9.17) is 15.2 Å². The van der Waals surface area contributed by atoms with Crippen LogP contribution in [0.1, 0.15) is 28.8 Å². The zero-order valence-electron chi connectivity index (χ0n) is 13.8. The Kier molecular flexibility index (Phi) is 4.73. The molecule has 1 fully saturated rings. The van der Waals surface area contributed by atoms with Crippen LogP contribution >= 0.6 is 0 Å². The highest BCUT2D eigenvalue weighted by atomic mass is 16.5. The maximum Gasteiger partial charge on any atom is 0.251 e. The van der Waals surface area contributed by atoms with Crippen LogP contribution in [0.5, 0.6) is 5.75 Å². The number of carbonyl (C=O) groups is 1. The lowest BCUT2D eigenvalue weighted by Crippen LogP contribution is -2.43. The number of amides is 1. The first-order valence-electron chi connectivity index (χ1n) is 8.15. The maximum absolute atomic E-state index is 12.7. The van der Waals surface area contributed by atoms with Crippen LogP contribution in [0.15, 0.2) is 12.1 Å². The van der Waals surface area contributed by atoms with Crippen LogP contribution in [0.3, 0.4) is 0 Å². The smallest absolute Gasteiger partial charge is 0.251 e. The molecule has 0 aliphatic carbocycles. The molecule has 0 aromatic heterocycles. The molecule has 2 heterocycles. The van der Waals surface area contributed by atoms with Crippen molar-refractivity contribution in [2.24, 2.45) is 0 Å². The van der Waals surface area contributed by atoms with Crippen molar-refractivity contribution in [1.82, 2.24) is 10.2 Å². The molecule has 0 radical (unpaired) electrons. The SMILES string of the molecule is COCC1Cc2c(C(=O)NC3CCN(C)CC3)ccc(N)c2O1. The molecule has 126 valence electrons. The van der Waals surface area contributed by atoms with Gasteiger partial charge in [-0.2, -0.15) is 0 Å². The molecule has 3 N–H and O–H groups in total. The number of nitrogen functional groups attached to an aromatic ring is 1. The number of ether oxygens (including phenoxy) is 2. The standard InChI is InChI=1S/C17H25N3O3/c1-20-7-5-11(6-8-20)19-17(21)13-3-4-15(18)16-14(13)9-12(23-16)10-22-2/h3-4,11-12H,5-10,18H2,1-2H3,(H,19,21). The summed E-state index contributed by atoms with van der Waals surface area (Å²) in [7, 11) is 3.75. The monoisotopic (exact) mass is 319 g/mol. The number of nitrogens with two attached hydrogens (primary N) is 1. The van der Waals surface area contributed by atoms with Crippen molar-refractivity contribution in [3.8, 4) is 5.75 Å². The van der Waals surface area contributed by atoms with Crippen LogP contribution in [-0.2, 0) is 11.2 Å². The molecule has 2 aliphatic rings. The number of benzene rings is 1. The maximum atomic E-state index is 12.7. The first kappa shape index (κ1) is 16.1. The van der Waals surface area contributed by atoms with Gasteiger partial charge in [0.2, 0.25) is 0 Å². The summed E-state index contributed by atoms with van der Waals surface area (Å²) >= 11 is 0. The molecular weight excluding hydrogens is 294 g/mol. The number of hydrogen-bond donors (Lipinski definition) is 2. The van der Waals surface area contributed by atoms with Crippen molar-refractivity contribution in [3.05, 3.63) is 23.3 Å². The minimum atomic E-state index is -0.0745. The Hall–Kier alpha value is -1.79. The Bertz CT molecular complexity index is 583. The van der Waals surface area contributed by atoms with E-state index in [1.165, 1.54) is 0 Å². The first-order valence-corrected chi connectivity index (χ1v) is 8.15. The summed E-state index contributed by atoms with van der Waals surface area (Å²) in [4.78, 5) is 15.0. The summed E-state index contributed by atoms with van der Waals surface area (Å²) in [6.45, 7) is 2.53. The Morgan fingerprint density at radius 2 is 2.17 bits per heavy atom. The number of nitrogens with one attached hydrogen (secondary N) is 1. The van der Waals surface area contributed by atoms with Crippen molar-refractivity contribution < 1.29 is 14.3 Å². The number of piperidine rings is 1. The summed E-state index contributed by atoms with van der Waals surface area (Å²) in [6, 6.07) is 3.79. The summed E-state index contributed by atoms with van der Waals surface area (Å²) in [5, 5.41) is 3.16. The normalized spacial score (nSPS) is 21.7. The Morgan fingerprint density at radius 3 is 2.87 bits per heavy atom. The molecule has 1 saturated heterocycles. The molecule has 0 saturated carbocycles. The Morgan fingerprint density at radius 1 is 1.43 bits per heavy atom. The molecular formula is C17H25N3O3. The number of nitrogens with zero attached hydrogens (tertiary/aromatic N) is 1. The van der Waals surface area contributed by atoms with E-state index >= 15 is 0 Å². The van der Waals surface area contributed by atoms with Gasteiger partial charge >= 0.3 is 0 Å². The van der Waals surface area contributed by atoms with Crippen molar-refractivity contribution in [2.45, 2.75) is 31.4 Å². The predicted octanol–water partition coefficient (Wildman–Crippen LogP) is 1.04. The molecule has 6 heteroatoms. The second-order valence-corrected chi connectivity index (χ2v) is 6.46. The number of fused-ring (bicyclic) bond motifs is 1. The van der Waals surface area contributed by atoms with Gasteiger partial charge in [0.05, 0.1) is 12.3 Å². The van der Waals surface area contributed by atoms with E-state index in [2.05, 4.69) is 17.3 Å². The first-order chi connectivity index (χ1) is 11.1. The number of hydrogen-bond acceptors (Lipinski definition) is 5. The van der Waals surface area contributed by atoms with Crippen molar-refractivity contribution in [1.29, 1.82) is 0 Å². The van der Waals surface area contributed by atoms with Crippen molar-refractivity contribution in [3.63, 3.8) is 0 Å². The molecule has 23 heavy (non-hydrogen) atoms. The van der Waals surface area contributed by atoms with Crippen molar-refractivity contribution in [2.75, 3.05) is 39.6 Å². The van der Waals surface area contributed by atoms with Gasteiger partial charge in [-0.15, -0.1) is 0 Å². The van der Waals surface area contributed by atoms with Crippen LogP contribution in [0.4, 0.5) is 5.69 Å². The molecule has 1 atom stereocenters. The summed E-state index contributed by atoms with van der Waals surface area (Å²) in [5.41, 5.74) is 8.15. The molecule has 1 unspecified atom stereocenters. The topological polar surface area (TPSA) is 76.8 Å². The molecule has 1 aromatic carbocycles. The minimum Gasteiger partial charge on any atom is -0.485 e. The van der Waals surface area contributed by atoms with Gasteiger partial charge < -0.3 is 25.4 Å². The fraction of sp³-hybridized carbons (Fsp3) is 0.588. The number of methoxy groups -OCH3 is 1. The van der Waals surface area contributed by atoms with Gasteiger partial charge in [0.1, 0.15) is 11.9 Å². The van der Waals surface area contributed by atoms with Gasteiger partial charge in [-0.25, -0.2) is 0 Å². The highest BCUT2D eigenvalue weighted by molar-refractivity contribution is 5.97. The van der Waals surface area contributed by atoms with Crippen LogP contribution in [-0.4, -0.2) is 56.8 Å². The quantitative estimate of drug-likeness (QED) is 0.811. The second-order valence-electron chi connectivity index (χ2n) is 6.46. The third-order valence-electron chi connectivity index (χ3n) is 4.66. The van der Waals surface area contributed by atoms with Crippen LogP contribution in [0.2, 0.25) is 0 Å².